The Hall–Kier alpha value is -2.56. The largest absolute Gasteiger partial charge is 0.376 e. The smallest absolute Gasteiger partial charge is 0.262 e. The molecule has 1 saturated heterocycles. The Balaban J connectivity index is 1.40. The zero-order valence-corrected chi connectivity index (χ0v) is 17.7. The SMILES string of the molecule is Cn1cnc(S(=O)(=O)N2CCCCC2c2nc(CCOCc3ccccc3)no2)c1. The van der Waals surface area contributed by atoms with E-state index in [9.17, 15) is 8.42 Å². The van der Waals surface area contributed by atoms with Gasteiger partial charge in [-0.2, -0.15) is 9.29 Å². The molecule has 0 saturated carbocycles. The summed E-state index contributed by atoms with van der Waals surface area (Å²) in [5.74, 6) is 0.839. The first kappa shape index (κ1) is 20.7. The highest BCUT2D eigenvalue weighted by atomic mass is 32.2. The second-order valence-electron chi connectivity index (χ2n) is 7.34. The fraction of sp³-hybridized carbons (Fsp3) is 0.450. The molecule has 9 nitrogen and oxygen atoms in total. The van der Waals surface area contributed by atoms with Gasteiger partial charge in [-0.3, -0.25) is 0 Å². The van der Waals surface area contributed by atoms with Gasteiger partial charge >= 0.3 is 0 Å². The van der Waals surface area contributed by atoms with E-state index < -0.39 is 16.1 Å². The molecule has 160 valence electrons. The molecule has 3 heterocycles. The van der Waals surface area contributed by atoms with Crippen LogP contribution in [0, 0.1) is 0 Å². The third-order valence-corrected chi connectivity index (χ3v) is 6.85. The molecule has 0 N–H and O–H groups in total. The zero-order chi connectivity index (χ0) is 21.0. The van der Waals surface area contributed by atoms with Crippen LogP contribution in [0.2, 0.25) is 0 Å². The van der Waals surface area contributed by atoms with Crippen molar-refractivity contribution in [3.8, 4) is 0 Å². The monoisotopic (exact) mass is 431 g/mol. The van der Waals surface area contributed by atoms with Gasteiger partial charge in [0, 0.05) is 26.2 Å². The van der Waals surface area contributed by atoms with Gasteiger partial charge in [-0.05, 0) is 18.4 Å². The van der Waals surface area contributed by atoms with Gasteiger partial charge in [-0.15, -0.1) is 0 Å². The standard InChI is InChI=1S/C20H25N5O4S/c1-24-13-19(21-15-24)30(26,27)25-11-6-5-9-17(25)20-22-18(23-29-20)10-12-28-14-16-7-3-2-4-8-16/h2-4,7-8,13,15,17H,5-6,9-12,14H2,1H3. The first-order valence-corrected chi connectivity index (χ1v) is 11.4. The minimum absolute atomic E-state index is 0.0333. The van der Waals surface area contributed by atoms with Gasteiger partial charge in [0.05, 0.1) is 19.5 Å². The van der Waals surface area contributed by atoms with Crippen LogP contribution in [0.5, 0.6) is 0 Å². The van der Waals surface area contributed by atoms with Crippen LogP contribution in [0.4, 0.5) is 0 Å². The van der Waals surface area contributed by atoms with Crippen molar-refractivity contribution in [3.05, 3.63) is 60.1 Å². The minimum atomic E-state index is -3.73. The Bertz CT molecular complexity index is 1060. The van der Waals surface area contributed by atoms with Crippen LogP contribution < -0.4 is 0 Å². The summed E-state index contributed by atoms with van der Waals surface area (Å²) in [5.41, 5.74) is 1.10. The Morgan fingerprint density at radius 3 is 2.83 bits per heavy atom. The molecule has 0 radical (unpaired) electrons. The van der Waals surface area contributed by atoms with Gasteiger partial charge in [0.25, 0.3) is 10.0 Å². The van der Waals surface area contributed by atoms with Crippen molar-refractivity contribution in [1.29, 1.82) is 0 Å². The number of hydrogen-bond donors (Lipinski definition) is 0. The molecule has 1 aromatic carbocycles. The van der Waals surface area contributed by atoms with Crippen LogP contribution in [0.15, 0.2) is 52.4 Å². The van der Waals surface area contributed by atoms with E-state index in [1.54, 1.807) is 11.6 Å². The molecule has 0 amide bonds. The molecule has 3 aromatic rings. The number of aryl methyl sites for hydroxylation is 1. The summed E-state index contributed by atoms with van der Waals surface area (Å²) >= 11 is 0. The summed E-state index contributed by atoms with van der Waals surface area (Å²) in [6.07, 6.45) is 5.80. The molecular formula is C20H25N5O4S. The third-order valence-electron chi connectivity index (χ3n) is 5.06. The maximum absolute atomic E-state index is 13.1. The predicted octanol–water partition coefficient (Wildman–Crippen LogP) is 2.48. The molecule has 0 spiro atoms. The van der Waals surface area contributed by atoms with Crippen molar-refractivity contribution < 1.29 is 17.7 Å². The quantitative estimate of drug-likeness (QED) is 0.505. The van der Waals surface area contributed by atoms with Gasteiger partial charge < -0.3 is 13.8 Å². The summed E-state index contributed by atoms with van der Waals surface area (Å²) in [4.78, 5) is 8.47. The van der Waals surface area contributed by atoms with Crippen LogP contribution in [0.3, 0.4) is 0 Å². The van der Waals surface area contributed by atoms with E-state index in [0.717, 1.165) is 18.4 Å². The van der Waals surface area contributed by atoms with Crippen LogP contribution in [-0.4, -0.2) is 45.6 Å². The number of benzene rings is 1. The average Bonchev–Trinajstić information content (AvgIpc) is 3.41. The molecule has 0 bridgehead atoms. The number of nitrogens with zero attached hydrogens (tertiary/aromatic N) is 5. The normalized spacial score (nSPS) is 18.0. The molecular weight excluding hydrogens is 406 g/mol. The lowest BCUT2D eigenvalue weighted by Crippen LogP contribution is -2.38. The molecule has 1 aliphatic rings. The maximum Gasteiger partial charge on any atom is 0.262 e. The number of sulfonamides is 1. The fourth-order valence-corrected chi connectivity index (χ4v) is 5.13. The average molecular weight is 432 g/mol. The van der Waals surface area contributed by atoms with Gasteiger partial charge in [-0.25, -0.2) is 13.4 Å². The van der Waals surface area contributed by atoms with Crippen LogP contribution in [-0.2, 0) is 34.8 Å². The molecule has 2 aromatic heterocycles. The molecule has 30 heavy (non-hydrogen) atoms. The number of piperidine rings is 1. The van der Waals surface area contributed by atoms with Gasteiger partial charge in [0.15, 0.2) is 10.9 Å². The van der Waals surface area contributed by atoms with Crippen molar-refractivity contribution in [2.75, 3.05) is 13.2 Å². The molecule has 0 aliphatic carbocycles. The Kier molecular flexibility index (Phi) is 6.26. The van der Waals surface area contributed by atoms with E-state index in [2.05, 4.69) is 15.1 Å². The molecule has 1 unspecified atom stereocenters. The van der Waals surface area contributed by atoms with E-state index in [4.69, 9.17) is 9.26 Å². The van der Waals surface area contributed by atoms with E-state index in [1.807, 2.05) is 30.3 Å². The summed E-state index contributed by atoms with van der Waals surface area (Å²) in [7, 11) is -1.99. The molecule has 4 rings (SSSR count). The van der Waals surface area contributed by atoms with E-state index in [1.165, 1.54) is 16.8 Å². The fourth-order valence-electron chi connectivity index (χ4n) is 3.51. The molecule has 1 aliphatic heterocycles. The lowest BCUT2D eigenvalue weighted by molar-refractivity contribution is 0.122. The van der Waals surface area contributed by atoms with E-state index >= 15 is 0 Å². The summed E-state index contributed by atoms with van der Waals surface area (Å²) in [5, 5.41) is 4.06. The van der Waals surface area contributed by atoms with E-state index in [0.29, 0.717) is 44.3 Å². The van der Waals surface area contributed by atoms with Crippen LogP contribution >= 0.6 is 0 Å². The minimum Gasteiger partial charge on any atom is -0.376 e. The Labute approximate surface area is 175 Å². The van der Waals surface area contributed by atoms with Crippen molar-refractivity contribution in [1.82, 2.24) is 24.0 Å². The van der Waals surface area contributed by atoms with Crippen molar-refractivity contribution in [3.63, 3.8) is 0 Å². The molecule has 1 atom stereocenters. The number of rotatable bonds is 8. The first-order valence-electron chi connectivity index (χ1n) is 9.98. The lowest BCUT2D eigenvalue weighted by atomic mass is 10.1. The second kappa shape index (κ2) is 9.07. The lowest BCUT2D eigenvalue weighted by Gasteiger charge is -2.31. The van der Waals surface area contributed by atoms with Gasteiger partial charge in [0.2, 0.25) is 5.89 Å². The predicted molar refractivity (Wildman–Crippen MR) is 108 cm³/mol. The summed E-state index contributed by atoms with van der Waals surface area (Å²) < 4.78 is 40.3. The highest BCUT2D eigenvalue weighted by Gasteiger charge is 2.38. The number of ether oxygens (including phenoxy) is 1. The van der Waals surface area contributed by atoms with Crippen molar-refractivity contribution in [2.45, 2.75) is 43.4 Å². The highest BCUT2D eigenvalue weighted by molar-refractivity contribution is 7.89. The van der Waals surface area contributed by atoms with Crippen molar-refractivity contribution in [2.24, 2.45) is 7.05 Å². The zero-order valence-electron chi connectivity index (χ0n) is 16.8. The molecule has 1 fully saturated rings. The van der Waals surface area contributed by atoms with Gasteiger partial charge in [-0.1, -0.05) is 41.9 Å². The number of hydrogen-bond acceptors (Lipinski definition) is 7. The third kappa shape index (κ3) is 4.61. The van der Waals surface area contributed by atoms with E-state index in [-0.39, 0.29) is 5.03 Å². The Morgan fingerprint density at radius 2 is 2.07 bits per heavy atom. The summed E-state index contributed by atoms with van der Waals surface area (Å²) in [6, 6.07) is 9.45. The topological polar surface area (TPSA) is 103 Å². The van der Waals surface area contributed by atoms with Crippen LogP contribution in [0.25, 0.3) is 0 Å². The van der Waals surface area contributed by atoms with Crippen LogP contribution in [0.1, 0.15) is 42.6 Å². The Morgan fingerprint density at radius 1 is 1.23 bits per heavy atom. The molecule has 10 heteroatoms. The second-order valence-corrected chi connectivity index (χ2v) is 9.18. The highest BCUT2D eigenvalue weighted by Crippen LogP contribution is 2.34. The number of imidazole rings is 1. The van der Waals surface area contributed by atoms with Gasteiger partial charge in [0.1, 0.15) is 6.04 Å². The van der Waals surface area contributed by atoms with Crippen molar-refractivity contribution >= 4 is 10.0 Å². The number of aromatic nitrogens is 4. The first-order chi connectivity index (χ1) is 14.5. The summed E-state index contributed by atoms with van der Waals surface area (Å²) in [6.45, 7) is 1.38. The maximum atomic E-state index is 13.1.